The van der Waals surface area contributed by atoms with Crippen molar-refractivity contribution in [1.82, 2.24) is 4.31 Å². The average molecular weight is 337 g/mol. The van der Waals surface area contributed by atoms with Crippen molar-refractivity contribution < 1.29 is 18.4 Å². The molecule has 1 rings (SSSR count). The first-order valence-electron chi connectivity index (χ1n) is 6.39. The highest BCUT2D eigenvalue weighted by molar-refractivity contribution is 7.89. The lowest BCUT2D eigenvalue weighted by molar-refractivity contribution is -0.385. The van der Waals surface area contributed by atoms with Gasteiger partial charge in [-0.25, -0.2) is 8.42 Å². The van der Waals surface area contributed by atoms with Crippen molar-refractivity contribution in [1.29, 1.82) is 0 Å². The van der Waals surface area contributed by atoms with Gasteiger partial charge in [-0.05, 0) is 12.5 Å². The topological polar surface area (TPSA) is 101 Å². The lowest BCUT2D eigenvalue weighted by Crippen LogP contribution is -2.34. The molecule has 0 spiro atoms. The van der Waals surface area contributed by atoms with Crippen molar-refractivity contribution in [2.75, 3.05) is 19.7 Å². The number of halogens is 1. The smallest absolute Gasteiger partial charge is 0.270 e. The van der Waals surface area contributed by atoms with E-state index < -0.39 is 14.9 Å². The highest BCUT2D eigenvalue weighted by Gasteiger charge is 2.27. The van der Waals surface area contributed by atoms with Crippen LogP contribution in [-0.4, -0.2) is 42.4 Å². The molecule has 0 aliphatic rings. The van der Waals surface area contributed by atoms with Crippen LogP contribution >= 0.6 is 11.6 Å². The molecule has 118 valence electrons. The molecule has 0 aliphatic carbocycles. The molecule has 0 aliphatic heterocycles. The summed E-state index contributed by atoms with van der Waals surface area (Å²) in [5.41, 5.74) is -0.350. The second-order valence-corrected chi connectivity index (χ2v) is 6.67. The number of hydrogen-bond acceptors (Lipinski definition) is 5. The first kappa shape index (κ1) is 17.8. The minimum atomic E-state index is -3.99. The molecule has 0 heterocycles. The summed E-state index contributed by atoms with van der Waals surface area (Å²) in [5, 5.41) is 19.7. The van der Waals surface area contributed by atoms with Crippen LogP contribution in [-0.2, 0) is 10.0 Å². The summed E-state index contributed by atoms with van der Waals surface area (Å²) in [4.78, 5) is 9.77. The Balaban J connectivity index is 3.26. The molecule has 0 radical (unpaired) electrons. The molecular weight excluding hydrogens is 320 g/mol. The normalized spacial score (nSPS) is 11.8. The third-order valence-electron chi connectivity index (χ3n) is 2.85. The summed E-state index contributed by atoms with van der Waals surface area (Å²) in [6.07, 6.45) is 1.39. The Morgan fingerprint density at radius 2 is 2.05 bits per heavy atom. The van der Waals surface area contributed by atoms with Crippen LogP contribution in [0.25, 0.3) is 0 Å². The average Bonchev–Trinajstić information content (AvgIpc) is 2.43. The number of unbranched alkanes of at least 4 members (excludes halogenated alkanes) is 1. The van der Waals surface area contributed by atoms with Crippen LogP contribution in [0.4, 0.5) is 5.69 Å². The molecule has 0 saturated heterocycles. The van der Waals surface area contributed by atoms with Crippen molar-refractivity contribution in [3.63, 3.8) is 0 Å². The maximum absolute atomic E-state index is 12.5. The molecule has 1 aromatic carbocycles. The first-order chi connectivity index (χ1) is 9.84. The molecule has 21 heavy (non-hydrogen) atoms. The zero-order valence-electron chi connectivity index (χ0n) is 11.5. The van der Waals surface area contributed by atoms with Crippen LogP contribution < -0.4 is 0 Å². The second-order valence-electron chi connectivity index (χ2n) is 4.35. The number of rotatable bonds is 8. The fourth-order valence-electron chi connectivity index (χ4n) is 1.74. The van der Waals surface area contributed by atoms with E-state index in [0.717, 1.165) is 22.9 Å². The molecule has 1 N–H and O–H groups in total. The van der Waals surface area contributed by atoms with Crippen LogP contribution in [0.15, 0.2) is 23.1 Å². The minimum Gasteiger partial charge on any atom is -0.395 e. The Kier molecular flexibility index (Phi) is 6.53. The molecule has 9 heteroatoms. The molecule has 0 aromatic heterocycles. The van der Waals surface area contributed by atoms with Gasteiger partial charge in [0.2, 0.25) is 10.0 Å². The molecule has 0 unspecified atom stereocenters. The molecule has 0 saturated carbocycles. The van der Waals surface area contributed by atoms with Gasteiger partial charge in [0, 0.05) is 25.2 Å². The van der Waals surface area contributed by atoms with Gasteiger partial charge < -0.3 is 5.11 Å². The predicted octanol–water partition coefficient (Wildman–Crippen LogP) is 2.03. The Bertz CT molecular complexity index is 606. The standard InChI is InChI=1S/C12H17ClN2O5S/c1-2-3-6-14(7-8-16)21(19,20)12-9-10(15(17)18)4-5-11(12)13/h4-5,9,16H,2-3,6-8H2,1H3. The third kappa shape index (κ3) is 4.37. The number of benzene rings is 1. The van der Waals surface area contributed by atoms with E-state index in [1.807, 2.05) is 6.92 Å². The van der Waals surface area contributed by atoms with Crippen molar-refractivity contribution in [2.24, 2.45) is 0 Å². The van der Waals surface area contributed by atoms with Gasteiger partial charge in [0.05, 0.1) is 16.6 Å². The summed E-state index contributed by atoms with van der Waals surface area (Å²) in [6, 6.07) is 3.27. The Morgan fingerprint density at radius 1 is 1.38 bits per heavy atom. The Labute approximate surface area is 128 Å². The molecule has 0 amide bonds. The lowest BCUT2D eigenvalue weighted by atomic mass is 10.3. The number of aliphatic hydroxyl groups excluding tert-OH is 1. The van der Waals surface area contributed by atoms with Crippen molar-refractivity contribution in [3.8, 4) is 0 Å². The van der Waals surface area contributed by atoms with Gasteiger partial charge in [-0.3, -0.25) is 10.1 Å². The van der Waals surface area contributed by atoms with Gasteiger partial charge in [-0.1, -0.05) is 24.9 Å². The minimum absolute atomic E-state index is 0.0820. The first-order valence-corrected chi connectivity index (χ1v) is 8.21. The van der Waals surface area contributed by atoms with E-state index in [1.54, 1.807) is 0 Å². The van der Waals surface area contributed by atoms with E-state index in [0.29, 0.717) is 6.42 Å². The third-order valence-corrected chi connectivity index (χ3v) is 5.23. The lowest BCUT2D eigenvalue weighted by Gasteiger charge is -2.21. The quantitative estimate of drug-likeness (QED) is 0.578. The highest BCUT2D eigenvalue weighted by Crippen LogP contribution is 2.28. The second kappa shape index (κ2) is 7.69. The fourth-order valence-corrected chi connectivity index (χ4v) is 3.70. The SMILES string of the molecule is CCCCN(CCO)S(=O)(=O)c1cc([N+](=O)[O-])ccc1Cl. The van der Waals surface area contributed by atoms with Crippen molar-refractivity contribution >= 4 is 27.3 Å². The summed E-state index contributed by atoms with van der Waals surface area (Å²) in [5.74, 6) is 0. The number of nitro groups is 1. The molecule has 0 atom stereocenters. The van der Waals surface area contributed by atoms with Gasteiger partial charge >= 0.3 is 0 Å². The highest BCUT2D eigenvalue weighted by atomic mass is 35.5. The molecule has 0 bridgehead atoms. The number of aliphatic hydroxyl groups is 1. The molecule has 0 fully saturated rings. The summed E-state index contributed by atoms with van der Waals surface area (Å²) in [7, 11) is -3.99. The van der Waals surface area contributed by atoms with E-state index in [1.165, 1.54) is 6.07 Å². The van der Waals surface area contributed by atoms with E-state index in [2.05, 4.69) is 0 Å². The maximum atomic E-state index is 12.5. The Hall–Kier alpha value is -1.22. The van der Waals surface area contributed by atoms with Gasteiger partial charge in [-0.2, -0.15) is 4.31 Å². The van der Waals surface area contributed by atoms with Crippen LogP contribution in [0.5, 0.6) is 0 Å². The Morgan fingerprint density at radius 3 is 2.57 bits per heavy atom. The van der Waals surface area contributed by atoms with Crippen molar-refractivity contribution in [2.45, 2.75) is 24.7 Å². The molecular formula is C12H17ClN2O5S. The van der Waals surface area contributed by atoms with E-state index in [-0.39, 0.29) is 35.3 Å². The van der Waals surface area contributed by atoms with E-state index in [4.69, 9.17) is 16.7 Å². The van der Waals surface area contributed by atoms with Gasteiger partial charge in [-0.15, -0.1) is 0 Å². The van der Waals surface area contributed by atoms with Crippen LogP contribution in [0.2, 0.25) is 5.02 Å². The van der Waals surface area contributed by atoms with E-state index in [9.17, 15) is 18.5 Å². The monoisotopic (exact) mass is 336 g/mol. The van der Waals surface area contributed by atoms with Gasteiger partial charge in [0.15, 0.2) is 0 Å². The number of nitrogens with zero attached hydrogens (tertiary/aromatic N) is 2. The largest absolute Gasteiger partial charge is 0.395 e. The molecule has 1 aromatic rings. The van der Waals surface area contributed by atoms with Crippen molar-refractivity contribution in [3.05, 3.63) is 33.3 Å². The fraction of sp³-hybridized carbons (Fsp3) is 0.500. The van der Waals surface area contributed by atoms with Gasteiger partial charge in [0.1, 0.15) is 4.90 Å². The summed E-state index contributed by atoms with van der Waals surface area (Å²) < 4.78 is 26.1. The number of non-ortho nitro benzene ring substituents is 1. The van der Waals surface area contributed by atoms with Crippen LogP contribution in [0, 0.1) is 10.1 Å². The predicted molar refractivity (Wildman–Crippen MR) is 78.9 cm³/mol. The number of hydrogen-bond donors (Lipinski definition) is 1. The summed E-state index contributed by atoms with van der Waals surface area (Å²) in [6.45, 7) is 1.71. The van der Waals surface area contributed by atoms with Gasteiger partial charge in [0.25, 0.3) is 5.69 Å². The maximum Gasteiger partial charge on any atom is 0.270 e. The zero-order chi connectivity index (χ0) is 16.0. The number of nitro benzene ring substituents is 1. The van der Waals surface area contributed by atoms with E-state index >= 15 is 0 Å². The van der Waals surface area contributed by atoms with Crippen LogP contribution in [0.3, 0.4) is 0 Å². The summed E-state index contributed by atoms with van der Waals surface area (Å²) >= 11 is 5.87. The number of sulfonamides is 1. The zero-order valence-corrected chi connectivity index (χ0v) is 13.1. The molecule has 7 nitrogen and oxygen atoms in total. The van der Waals surface area contributed by atoms with Crippen LogP contribution in [0.1, 0.15) is 19.8 Å².